The van der Waals surface area contributed by atoms with Gasteiger partial charge in [0.1, 0.15) is 5.82 Å². The predicted molar refractivity (Wildman–Crippen MR) is 58.6 cm³/mol. The Hall–Kier alpha value is -0.410. The first-order chi connectivity index (χ1) is 6.54. The van der Waals surface area contributed by atoms with Crippen molar-refractivity contribution in [2.75, 3.05) is 0 Å². The third kappa shape index (κ3) is 1.39. The summed E-state index contributed by atoms with van der Waals surface area (Å²) in [4.78, 5) is 0. The van der Waals surface area contributed by atoms with E-state index in [1.54, 1.807) is 13.0 Å². The molecule has 0 aliphatic heterocycles. The lowest BCUT2D eigenvalue weighted by Crippen LogP contribution is -2.44. The summed E-state index contributed by atoms with van der Waals surface area (Å²) < 4.78 is 14.7. The van der Waals surface area contributed by atoms with E-state index in [9.17, 15) is 4.39 Å². The monoisotopic (exact) mass is 257 g/mol. The van der Waals surface area contributed by atoms with Crippen molar-refractivity contribution < 1.29 is 4.39 Å². The molecule has 0 atom stereocenters. The second-order valence-electron chi connectivity index (χ2n) is 4.04. The van der Waals surface area contributed by atoms with E-state index in [4.69, 9.17) is 5.73 Å². The van der Waals surface area contributed by atoms with Crippen molar-refractivity contribution >= 4 is 15.9 Å². The molecular formula is C11H13BrFN. The molecule has 0 bridgehead atoms. The van der Waals surface area contributed by atoms with Crippen LogP contribution in [0.4, 0.5) is 4.39 Å². The number of hydrogen-bond acceptors (Lipinski definition) is 1. The number of nitrogens with two attached hydrogens (primary N) is 1. The lowest BCUT2D eigenvalue weighted by Gasteiger charge is -2.39. The number of rotatable bonds is 1. The zero-order valence-corrected chi connectivity index (χ0v) is 9.70. The van der Waals surface area contributed by atoms with E-state index in [0.29, 0.717) is 11.1 Å². The maximum Gasteiger partial charge on any atom is 0.132 e. The molecular weight excluding hydrogens is 245 g/mol. The van der Waals surface area contributed by atoms with Crippen LogP contribution in [0, 0.1) is 12.7 Å². The Morgan fingerprint density at radius 1 is 1.43 bits per heavy atom. The van der Waals surface area contributed by atoms with Gasteiger partial charge < -0.3 is 5.73 Å². The van der Waals surface area contributed by atoms with Crippen molar-refractivity contribution in [2.24, 2.45) is 5.73 Å². The zero-order chi connectivity index (χ0) is 10.3. The van der Waals surface area contributed by atoms with Crippen LogP contribution in [-0.2, 0) is 5.54 Å². The Kier molecular flexibility index (Phi) is 2.40. The summed E-state index contributed by atoms with van der Waals surface area (Å²) in [5.74, 6) is -0.151. The van der Waals surface area contributed by atoms with Crippen molar-refractivity contribution in [3.63, 3.8) is 0 Å². The maximum atomic E-state index is 13.9. The molecule has 0 unspecified atom stereocenters. The largest absolute Gasteiger partial charge is 0.321 e. The summed E-state index contributed by atoms with van der Waals surface area (Å²) in [7, 11) is 0. The Labute approximate surface area is 91.6 Å². The van der Waals surface area contributed by atoms with E-state index in [1.807, 2.05) is 6.07 Å². The highest BCUT2D eigenvalue weighted by Crippen LogP contribution is 2.41. The minimum Gasteiger partial charge on any atom is -0.321 e. The highest BCUT2D eigenvalue weighted by Gasteiger charge is 2.36. The molecule has 2 N–H and O–H groups in total. The molecule has 1 aromatic rings. The smallest absolute Gasteiger partial charge is 0.132 e. The van der Waals surface area contributed by atoms with E-state index in [1.165, 1.54) is 0 Å². The average Bonchev–Trinajstić information content (AvgIpc) is 2.11. The molecule has 0 spiro atoms. The summed E-state index contributed by atoms with van der Waals surface area (Å²) in [5, 5.41) is 0. The summed E-state index contributed by atoms with van der Waals surface area (Å²) in [6.07, 6.45) is 2.89. The molecule has 1 fully saturated rings. The van der Waals surface area contributed by atoms with Crippen LogP contribution >= 0.6 is 15.9 Å². The first kappa shape index (κ1) is 10.1. The van der Waals surface area contributed by atoms with Gasteiger partial charge in [0.2, 0.25) is 0 Å². The van der Waals surface area contributed by atoms with Crippen molar-refractivity contribution in [3.8, 4) is 0 Å². The highest BCUT2D eigenvalue weighted by atomic mass is 79.9. The van der Waals surface area contributed by atoms with Gasteiger partial charge in [-0.25, -0.2) is 4.39 Å². The Balaban J connectivity index is 2.49. The van der Waals surface area contributed by atoms with E-state index in [0.717, 1.165) is 23.7 Å². The molecule has 1 nitrogen and oxygen atoms in total. The maximum absolute atomic E-state index is 13.9. The molecule has 0 aromatic heterocycles. The van der Waals surface area contributed by atoms with E-state index >= 15 is 0 Å². The van der Waals surface area contributed by atoms with Gasteiger partial charge in [0.15, 0.2) is 0 Å². The fourth-order valence-electron chi connectivity index (χ4n) is 1.87. The molecule has 3 heteroatoms. The minimum absolute atomic E-state index is 0.151. The quantitative estimate of drug-likeness (QED) is 0.822. The average molecular weight is 258 g/mol. The van der Waals surface area contributed by atoms with E-state index in [-0.39, 0.29) is 5.82 Å². The summed E-state index contributed by atoms with van der Waals surface area (Å²) in [5.41, 5.74) is 7.00. The molecule has 1 aliphatic rings. The van der Waals surface area contributed by atoms with E-state index < -0.39 is 5.54 Å². The molecule has 0 amide bonds. The van der Waals surface area contributed by atoms with Crippen LogP contribution in [0.25, 0.3) is 0 Å². The topological polar surface area (TPSA) is 26.0 Å². The fourth-order valence-corrected chi connectivity index (χ4v) is 2.18. The van der Waals surface area contributed by atoms with Gasteiger partial charge >= 0.3 is 0 Å². The van der Waals surface area contributed by atoms with Gasteiger partial charge in [0, 0.05) is 15.6 Å². The van der Waals surface area contributed by atoms with Crippen LogP contribution in [0.5, 0.6) is 0 Å². The van der Waals surface area contributed by atoms with E-state index in [2.05, 4.69) is 15.9 Å². The van der Waals surface area contributed by atoms with Gasteiger partial charge in [0.25, 0.3) is 0 Å². The first-order valence-electron chi connectivity index (χ1n) is 4.78. The molecule has 1 saturated carbocycles. The second kappa shape index (κ2) is 3.31. The molecule has 14 heavy (non-hydrogen) atoms. The molecule has 0 saturated heterocycles. The molecule has 76 valence electrons. The first-order valence-corrected chi connectivity index (χ1v) is 5.58. The van der Waals surface area contributed by atoms with Crippen molar-refractivity contribution in [1.82, 2.24) is 0 Å². The summed E-state index contributed by atoms with van der Waals surface area (Å²) in [6, 6.07) is 3.67. The van der Waals surface area contributed by atoms with Crippen LogP contribution in [0.15, 0.2) is 16.6 Å². The normalized spacial score (nSPS) is 19.1. The number of hydrogen-bond donors (Lipinski definition) is 1. The fraction of sp³-hybridized carbons (Fsp3) is 0.455. The van der Waals surface area contributed by atoms with Crippen LogP contribution in [0.3, 0.4) is 0 Å². The van der Waals surface area contributed by atoms with Crippen molar-refractivity contribution in [1.29, 1.82) is 0 Å². The van der Waals surface area contributed by atoms with Gasteiger partial charge in [-0.2, -0.15) is 0 Å². The SMILES string of the molecule is Cc1c(Br)ccc(C2(N)CCC2)c1F. The third-order valence-corrected chi connectivity index (χ3v) is 3.96. The zero-order valence-electron chi connectivity index (χ0n) is 8.11. The lowest BCUT2D eigenvalue weighted by atomic mass is 9.72. The van der Waals surface area contributed by atoms with Gasteiger partial charge in [-0.05, 0) is 37.8 Å². The predicted octanol–water partition coefficient (Wildman–Crippen LogP) is 3.23. The van der Waals surface area contributed by atoms with Crippen LogP contribution in [-0.4, -0.2) is 0 Å². The van der Waals surface area contributed by atoms with Gasteiger partial charge in [0.05, 0.1) is 0 Å². The van der Waals surface area contributed by atoms with Crippen LogP contribution < -0.4 is 5.73 Å². The Bertz CT molecular complexity index is 372. The Morgan fingerprint density at radius 2 is 2.07 bits per heavy atom. The summed E-state index contributed by atoms with van der Waals surface area (Å²) >= 11 is 3.31. The summed E-state index contributed by atoms with van der Waals surface area (Å²) in [6.45, 7) is 1.77. The highest BCUT2D eigenvalue weighted by molar-refractivity contribution is 9.10. The van der Waals surface area contributed by atoms with Crippen LogP contribution in [0.2, 0.25) is 0 Å². The third-order valence-electron chi connectivity index (χ3n) is 3.10. The molecule has 0 heterocycles. The van der Waals surface area contributed by atoms with Gasteiger partial charge in [-0.15, -0.1) is 0 Å². The van der Waals surface area contributed by atoms with Crippen LogP contribution in [0.1, 0.15) is 30.4 Å². The molecule has 0 radical (unpaired) electrons. The lowest BCUT2D eigenvalue weighted by molar-refractivity contribution is 0.245. The number of benzene rings is 1. The van der Waals surface area contributed by atoms with Gasteiger partial charge in [-0.1, -0.05) is 22.0 Å². The number of halogens is 2. The Morgan fingerprint density at radius 3 is 2.57 bits per heavy atom. The van der Waals surface area contributed by atoms with Gasteiger partial charge in [-0.3, -0.25) is 0 Å². The van der Waals surface area contributed by atoms with Crippen molar-refractivity contribution in [3.05, 3.63) is 33.5 Å². The standard InChI is InChI=1S/C11H13BrFN/c1-7-9(12)4-3-8(10(7)13)11(14)5-2-6-11/h3-4H,2,5-6,14H2,1H3. The molecule has 2 rings (SSSR count). The molecule has 1 aliphatic carbocycles. The minimum atomic E-state index is -0.407. The molecule has 1 aromatic carbocycles. The second-order valence-corrected chi connectivity index (χ2v) is 4.90. The van der Waals surface area contributed by atoms with Crippen molar-refractivity contribution in [2.45, 2.75) is 31.7 Å².